The van der Waals surface area contributed by atoms with Crippen LogP contribution in [0.3, 0.4) is 0 Å². The van der Waals surface area contributed by atoms with Gasteiger partial charge in [-0.3, -0.25) is 4.21 Å². The summed E-state index contributed by atoms with van der Waals surface area (Å²) in [6, 6.07) is 5.73. The molecule has 4 heteroatoms. The summed E-state index contributed by atoms with van der Waals surface area (Å²) in [6.07, 6.45) is 5.38. The van der Waals surface area contributed by atoms with Crippen molar-refractivity contribution in [3.8, 4) is 0 Å². The van der Waals surface area contributed by atoms with E-state index < -0.39 is 10.8 Å². The van der Waals surface area contributed by atoms with Gasteiger partial charge in [0.25, 0.3) is 0 Å². The van der Waals surface area contributed by atoms with Crippen molar-refractivity contribution in [2.45, 2.75) is 54.8 Å². The molecule has 1 spiro atoms. The summed E-state index contributed by atoms with van der Waals surface area (Å²) in [6.45, 7) is 2.72. The molecule has 2 aliphatic rings. The van der Waals surface area contributed by atoms with Crippen molar-refractivity contribution in [1.29, 1.82) is 0 Å². The number of anilines is 1. The van der Waals surface area contributed by atoms with Crippen molar-refractivity contribution in [1.82, 2.24) is 0 Å². The SMILES string of the molecule is Cc1cc(S(=O)C2CCOC3(CCC3)C2)ccc1N. The molecule has 0 aromatic heterocycles. The van der Waals surface area contributed by atoms with Gasteiger partial charge in [-0.25, -0.2) is 0 Å². The Morgan fingerprint density at radius 1 is 1.42 bits per heavy atom. The Hall–Kier alpha value is -0.870. The number of hydrogen-bond donors (Lipinski definition) is 1. The molecule has 1 saturated heterocycles. The van der Waals surface area contributed by atoms with Gasteiger partial charge in [0.15, 0.2) is 0 Å². The predicted octanol–water partition coefficient (Wildman–Crippen LogP) is 2.79. The molecule has 1 heterocycles. The lowest BCUT2D eigenvalue weighted by Crippen LogP contribution is -2.48. The first-order valence-electron chi connectivity index (χ1n) is 7.00. The first-order valence-corrected chi connectivity index (χ1v) is 8.22. The van der Waals surface area contributed by atoms with Gasteiger partial charge in [-0.05, 0) is 62.8 Å². The van der Waals surface area contributed by atoms with Crippen LogP contribution in [0.15, 0.2) is 23.1 Å². The molecule has 0 radical (unpaired) electrons. The van der Waals surface area contributed by atoms with E-state index in [0.717, 1.165) is 48.4 Å². The first-order chi connectivity index (χ1) is 9.10. The molecule has 3 nitrogen and oxygen atoms in total. The van der Waals surface area contributed by atoms with E-state index in [4.69, 9.17) is 10.5 Å². The summed E-state index contributed by atoms with van der Waals surface area (Å²) >= 11 is 0. The van der Waals surface area contributed by atoms with Gasteiger partial charge >= 0.3 is 0 Å². The minimum absolute atomic E-state index is 0.0570. The van der Waals surface area contributed by atoms with Gasteiger partial charge in [-0.15, -0.1) is 0 Å². The van der Waals surface area contributed by atoms with Crippen molar-refractivity contribution in [3.05, 3.63) is 23.8 Å². The lowest BCUT2D eigenvalue weighted by molar-refractivity contribution is -0.125. The second kappa shape index (κ2) is 4.91. The summed E-state index contributed by atoms with van der Waals surface area (Å²) in [5.41, 5.74) is 7.66. The number of benzene rings is 1. The van der Waals surface area contributed by atoms with Crippen molar-refractivity contribution >= 4 is 16.5 Å². The Labute approximate surface area is 117 Å². The van der Waals surface area contributed by atoms with Crippen LogP contribution >= 0.6 is 0 Å². The fraction of sp³-hybridized carbons (Fsp3) is 0.600. The number of rotatable bonds is 2. The molecule has 1 aromatic carbocycles. The lowest BCUT2D eigenvalue weighted by atomic mass is 9.75. The molecule has 1 saturated carbocycles. The minimum Gasteiger partial charge on any atom is -0.399 e. The molecule has 2 N–H and O–H groups in total. The number of nitrogens with two attached hydrogens (primary N) is 1. The summed E-state index contributed by atoms with van der Waals surface area (Å²) in [5.74, 6) is 0. The van der Waals surface area contributed by atoms with Gasteiger partial charge in [0.05, 0.1) is 16.4 Å². The first kappa shape index (κ1) is 13.1. The molecule has 0 amide bonds. The van der Waals surface area contributed by atoms with Crippen molar-refractivity contribution in [2.24, 2.45) is 0 Å². The third kappa shape index (κ3) is 2.43. The topological polar surface area (TPSA) is 52.3 Å². The van der Waals surface area contributed by atoms with Crippen LogP contribution in [0.1, 0.15) is 37.7 Å². The van der Waals surface area contributed by atoms with Gasteiger partial charge in [0, 0.05) is 22.4 Å². The van der Waals surface area contributed by atoms with Gasteiger partial charge < -0.3 is 10.5 Å². The highest BCUT2D eigenvalue weighted by atomic mass is 32.2. The van der Waals surface area contributed by atoms with E-state index >= 15 is 0 Å². The van der Waals surface area contributed by atoms with Crippen molar-refractivity contribution in [3.63, 3.8) is 0 Å². The molecular formula is C15H21NO2S. The molecule has 104 valence electrons. The smallest absolute Gasteiger partial charge is 0.0694 e. The van der Waals surface area contributed by atoms with Crippen LogP contribution < -0.4 is 5.73 Å². The molecule has 0 bridgehead atoms. The highest BCUT2D eigenvalue weighted by molar-refractivity contribution is 7.85. The second-order valence-electron chi connectivity index (χ2n) is 5.82. The van der Waals surface area contributed by atoms with E-state index in [-0.39, 0.29) is 10.9 Å². The zero-order valence-corrected chi connectivity index (χ0v) is 12.2. The van der Waals surface area contributed by atoms with Crippen LogP contribution in [0.4, 0.5) is 5.69 Å². The van der Waals surface area contributed by atoms with Crippen LogP contribution in [0, 0.1) is 6.92 Å². The normalized spacial score (nSPS) is 26.9. The minimum atomic E-state index is -0.938. The third-order valence-corrected chi connectivity index (χ3v) is 6.22. The maximum absolute atomic E-state index is 12.7. The fourth-order valence-electron chi connectivity index (χ4n) is 3.05. The third-order valence-electron chi connectivity index (χ3n) is 4.49. The van der Waals surface area contributed by atoms with E-state index in [1.807, 2.05) is 25.1 Å². The summed E-state index contributed by atoms with van der Waals surface area (Å²) in [7, 11) is -0.938. The molecular weight excluding hydrogens is 258 g/mol. The monoisotopic (exact) mass is 279 g/mol. The van der Waals surface area contributed by atoms with Crippen molar-refractivity contribution in [2.75, 3.05) is 12.3 Å². The van der Waals surface area contributed by atoms with E-state index in [1.165, 1.54) is 6.42 Å². The average Bonchev–Trinajstić information content (AvgIpc) is 2.39. The quantitative estimate of drug-likeness (QED) is 0.847. The van der Waals surface area contributed by atoms with Crippen LogP contribution in [0.2, 0.25) is 0 Å². The molecule has 1 aliphatic heterocycles. The highest BCUT2D eigenvalue weighted by Crippen LogP contribution is 2.44. The van der Waals surface area contributed by atoms with Crippen LogP contribution in [-0.4, -0.2) is 21.7 Å². The van der Waals surface area contributed by atoms with Gasteiger partial charge in [0.2, 0.25) is 0 Å². The van der Waals surface area contributed by atoms with E-state index in [9.17, 15) is 4.21 Å². The Morgan fingerprint density at radius 3 is 2.84 bits per heavy atom. The van der Waals surface area contributed by atoms with Crippen LogP contribution in [0.25, 0.3) is 0 Å². The molecule has 2 fully saturated rings. The zero-order chi connectivity index (χ0) is 13.5. The summed E-state index contributed by atoms with van der Waals surface area (Å²) < 4.78 is 18.6. The molecule has 1 aromatic rings. The Morgan fingerprint density at radius 2 is 2.21 bits per heavy atom. The number of ether oxygens (including phenoxy) is 1. The zero-order valence-electron chi connectivity index (χ0n) is 11.4. The largest absolute Gasteiger partial charge is 0.399 e. The average molecular weight is 279 g/mol. The summed E-state index contributed by atoms with van der Waals surface area (Å²) in [5, 5.41) is 0.233. The van der Waals surface area contributed by atoms with Gasteiger partial charge in [0.1, 0.15) is 0 Å². The van der Waals surface area contributed by atoms with E-state index in [1.54, 1.807) is 0 Å². The van der Waals surface area contributed by atoms with Gasteiger partial charge in [-0.2, -0.15) is 0 Å². The van der Waals surface area contributed by atoms with Crippen LogP contribution in [0.5, 0.6) is 0 Å². The standard InChI is InChI=1S/C15H21NO2S/c1-11-9-12(3-4-14(11)16)19(17)13-5-8-18-15(10-13)6-2-7-15/h3-4,9,13H,2,5-8,10,16H2,1H3. The molecule has 19 heavy (non-hydrogen) atoms. The van der Waals surface area contributed by atoms with E-state index in [2.05, 4.69) is 0 Å². The Kier molecular flexibility index (Phi) is 3.39. The Bertz CT molecular complexity index is 511. The number of nitrogen functional groups attached to an aromatic ring is 1. The van der Waals surface area contributed by atoms with E-state index in [0.29, 0.717) is 0 Å². The molecule has 2 atom stereocenters. The summed E-state index contributed by atoms with van der Waals surface area (Å²) in [4.78, 5) is 0.910. The predicted molar refractivity (Wildman–Crippen MR) is 77.6 cm³/mol. The lowest BCUT2D eigenvalue weighted by Gasteiger charge is -2.46. The maximum Gasteiger partial charge on any atom is 0.0694 e. The Balaban J connectivity index is 1.77. The van der Waals surface area contributed by atoms with Crippen LogP contribution in [-0.2, 0) is 15.5 Å². The molecule has 3 rings (SSSR count). The van der Waals surface area contributed by atoms with Crippen molar-refractivity contribution < 1.29 is 8.95 Å². The second-order valence-corrected chi connectivity index (χ2v) is 7.55. The fourth-order valence-corrected chi connectivity index (χ4v) is 4.70. The maximum atomic E-state index is 12.7. The molecule has 2 unspecified atom stereocenters. The number of aryl methyl sites for hydroxylation is 1. The molecule has 1 aliphatic carbocycles. The highest BCUT2D eigenvalue weighted by Gasteiger charge is 2.44. The van der Waals surface area contributed by atoms with Gasteiger partial charge in [-0.1, -0.05) is 0 Å². The number of hydrogen-bond acceptors (Lipinski definition) is 3.